The van der Waals surface area contributed by atoms with Crippen LogP contribution in [0.2, 0.25) is 0 Å². The Morgan fingerprint density at radius 3 is 2.05 bits per heavy atom. The summed E-state index contributed by atoms with van der Waals surface area (Å²) in [6.45, 7) is 12.3. The topological polar surface area (TPSA) is 41.1 Å². The molecule has 1 amide bonds. The van der Waals surface area contributed by atoms with Gasteiger partial charge < -0.3 is 10.6 Å². The molecule has 0 aliphatic heterocycles. The fraction of sp³-hybridized carbons (Fsp3) is 0.611. The van der Waals surface area contributed by atoms with Crippen molar-refractivity contribution in [2.75, 3.05) is 0 Å². The first-order valence-corrected chi connectivity index (χ1v) is 7.70. The molecule has 1 aromatic rings. The highest BCUT2D eigenvalue weighted by Gasteiger charge is 2.26. The van der Waals surface area contributed by atoms with Crippen LogP contribution in [-0.2, 0) is 11.2 Å². The van der Waals surface area contributed by atoms with Gasteiger partial charge in [0.1, 0.15) is 0 Å². The lowest BCUT2D eigenvalue weighted by atomic mass is 9.99. The largest absolute Gasteiger partial charge is 0.350 e. The van der Waals surface area contributed by atoms with Crippen LogP contribution in [0.5, 0.6) is 0 Å². The highest BCUT2D eigenvalue weighted by molar-refractivity contribution is 5.82. The van der Waals surface area contributed by atoms with Crippen molar-refractivity contribution >= 4 is 5.91 Å². The molecule has 0 fully saturated rings. The fourth-order valence-corrected chi connectivity index (χ4v) is 2.20. The SMILES string of the molecule is CC(C)(C)NC(=O)[C@H](CCc1ccccc1)NC(C)(C)C. The molecule has 0 saturated carbocycles. The molecule has 1 aromatic carbocycles. The van der Waals surface area contributed by atoms with E-state index in [1.54, 1.807) is 0 Å². The average Bonchev–Trinajstić information content (AvgIpc) is 2.32. The van der Waals surface area contributed by atoms with Gasteiger partial charge in [-0.2, -0.15) is 0 Å². The Bertz CT molecular complexity index is 441. The quantitative estimate of drug-likeness (QED) is 0.873. The first kappa shape index (κ1) is 17.7. The van der Waals surface area contributed by atoms with Crippen LogP contribution in [-0.4, -0.2) is 23.0 Å². The predicted octanol–water partition coefficient (Wildman–Crippen LogP) is 3.29. The van der Waals surface area contributed by atoms with Gasteiger partial charge in [-0.3, -0.25) is 4.79 Å². The first-order valence-electron chi connectivity index (χ1n) is 7.70. The van der Waals surface area contributed by atoms with Crippen molar-refractivity contribution < 1.29 is 4.79 Å². The van der Waals surface area contributed by atoms with Crippen LogP contribution in [0, 0.1) is 0 Å². The summed E-state index contributed by atoms with van der Waals surface area (Å²) >= 11 is 0. The summed E-state index contributed by atoms with van der Waals surface area (Å²) in [5.41, 5.74) is 0.972. The predicted molar refractivity (Wildman–Crippen MR) is 89.3 cm³/mol. The number of hydrogen-bond donors (Lipinski definition) is 2. The maximum Gasteiger partial charge on any atom is 0.237 e. The van der Waals surface area contributed by atoms with Gasteiger partial charge in [0.05, 0.1) is 6.04 Å². The first-order chi connectivity index (χ1) is 9.57. The van der Waals surface area contributed by atoms with E-state index in [0.717, 1.165) is 12.8 Å². The van der Waals surface area contributed by atoms with E-state index in [4.69, 9.17) is 0 Å². The van der Waals surface area contributed by atoms with Crippen molar-refractivity contribution in [2.45, 2.75) is 71.5 Å². The number of nitrogens with one attached hydrogen (secondary N) is 2. The lowest BCUT2D eigenvalue weighted by molar-refractivity contribution is -0.125. The molecule has 118 valence electrons. The fourth-order valence-electron chi connectivity index (χ4n) is 2.20. The normalized spacial score (nSPS) is 13.8. The molecule has 0 aromatic heterocycles. The van der Waals surface area contributed by atoms with E-state index in [2.05, 4.69) is 43.5 Å². The van der Waals surface area contributed by atoms with E-state index in [-0.39, 0.29) is 23.0 Å². The van der Waals surface area contributed by atoms with E-state index in [9.17, 15) is 4.79 Å². The van der Waals surface area contributed by atoms with Gasteiger partial charge in [-0.25, -0.2) is 0 Å². The van der Waals surface area contributed by atoms with Crippen molar-refractivity contribution in [2.24, 2.45) is 0 Å². The summed E-state index contributed by atoms with van der Waals surface area (Å²) in [5.74, 6) is 0.0772. The third-order valence-corrected chi connectivity index (χ3v) is 2.99. The maximum absolute atomic E-state index is 12.5. The molecule has 0 bridgehead atoms. The van der Waals surface area contributed by atoms with Crippen LogP contribution in [0.4, 0.5) is 0 Å². The Balaban J connectivity index is 2.70. The van der Waals surface area contributed by atoms with Gasteiger partial charge in [-0.15, -0.1) is 0 Å². The van der Waals surface area contributed by atoms with Crippen LogP contribution in [0.3, 0.4) is 0 Å². The summed E-state index contributed by atoms with van der Waals surface area (Å²) < 4.78 is 0. The highest BCUT2D eigenvalue weighted by Crippen LogP contribution is 2.10. The van der Waals surface area contributed by atoms with Crippen LogP contribution in [0.25, 0.3) is 0 Å². The van der Waals surface area contributed by atoms with Gasteiger partial charge in [0.15, 0.2) is 0 Å². The zero-order valence-corrected chi connectivity index (χ0v) is 14.3. The molecular formula is C18H30N2O. The number of carbonyl (C=O) groups is 1. The van der Waals surface area contributed by atoms with Gasteiger partial charge in [0.2, 0.25) is 5.91 Å². The molecular weight excluding hydrogens is 260 g/mol. The summed E-state index contributed by atoms with van der Waals surface area (Å²) in [5, 5.41) is 6.51. The van der Waals surface area contributed by atoms with Crippen LogP contribution in [0.1, 0.15) is 53.5 Å². The molecule has 3 heteroatoms. The van der Waals surface area contributed by atoms with E-state index >= 15 is 0 Å². The van der Waals surface area contributed by atoms with Gasteiger partial charge >= 0.3 is 0 Å². The lowest BCUT2D eigenvalue weighted by Crippen LogP contribution is -2.55. The maximum atomic E-state index is 12.5. The van der Waals surface area contributed by atoms with Crippen LogP contribution in [0.15, 0.2) is 30.3 Å². The van der Waals surface area contributed by atoms with Crippen molar-refractivity contribution in [3.63, 3.8) is 0 Å². The molecule has 2 N–H and O–H groups in total. The van der Waals surface area contributed by atoms with Crippen LogP contribution < -0.4 is 10.6 Å². The zero-order chi connectivity index (χ0) is 16.1. The molecule has 0 aliphatic carbocycles. The monoisotopic (exact) mass is 290 g/mol. The average molecular weight is 290 g/mol. The van der Waals surface area contributed by atoms with Crippen molar-refractivity contribution in [1.82, 2.24) is 10.6 Å². The Morgan fingerprint density at radius 1 is 1.00 bits per heavy atom. The van der Waals surface area contributed by atoms with Crippen molar-refractivity contribution in [3.8, 4) is 0 Å². The second kappa shape index (κ2) is 7.08. The van der Waals surface area contributed by atoms with Crippen molar-refractivity contribution in [1.29, 1.82) is 0 Å². The third-order valence-electron chi connectivity index (χ3n) is 2.99. The Morgan fingerprint density at radius 2 is 1.57 bits per heavy atom. The van der Waals surface area contributed by atoms with E-state index in [1.165, 1.54) is 5.56 Å². The number of rotatable bonds is 5. The standard InChI is InChI=1S/C18H30N2O/c1-17(2,3)19-15(16(21)20-18(4,5)6)13-12-14-10-8-7-9-11-14/h7-11,15,19H,12-13H2,1-6H3,(H,20,21)/t15-/m0/s1. The molecule has 0 aliphatic rings. The number of amides is 1. The van der Waals surface area contributed by atoms with Gasteiger partial charge in [0.25, 0.3) is 0 Å². The summed E-state index contributed by atoms with van der Waals surface area (Å²) in [6.07, 6.45) is 1.69. The smallest absolute Gasteiger partial charge is 0.237 e. The number of carbonyl (C=O) groups excluding carboxylic acids is 1. The van der Waals surface area contributed by atoms with Gasteiger partial charge in [-0.05, 0) is 59.9 Å². The molecule has 0 radical (unpaired) electrons. The van der Waals surface area contributed by atoms with E-state index < -0.39 is 0 Å². The molecule has 0 saturated heterocycles. The number of aryl methyl sites for hydroxylation is 1. The molecule has 1 atom stereocenters. The molecule has 0 unspecified atom stereocenters. The second-order valence-electron chi connectivity index (χ2n) is 7.71. The van der Waals surface area contributed by atoms with Crippen LogP contribution >= 0.6 is 0 Å². The Labute approximate surface area is 129 Å². The molecule has 1 rings (SSSR count). The minimum absolute atomic E-state index is 0.0772. The molecule has 0 spiro atoms. The summed E-state index contributed by atoms with van der Waals surface area (Å²) in [6, 6.07) is 10.1. The third kappa shape index (κ3) is 7.86. The molecule has 21 heavy (non-hydrogen) atoms. The molecule has 0 heterocycles. The van der Waals surface area contributed by atoms with Gasteiger partial charge in [-0.1, -0.05) is 30.3 Å². The zero-order valence-electron chi connectivity index (χ0n) is 14.3. The highest BCUT2D eigenvalue weighted by atomic mass is 16.2. The van der Waals surface area contributed by atoms with Gasteiger partial charge in [0, 0.05) is 11.1 Å². The second-order valence-corrected chi connectivity index (χ2v) is 7.71. The minimum atomic E-state index is -0.207. The Hall–Kier alpha value is -1.35. The summed E-state index contributed by atoms with van der Waals surface area (Å²) in [7, 11) is 0. The number of hydrogen-bond acceptors (Lipinski definition) is 2. The molecule has 3 nitrogen and oxygen atoms in total. The van der Waals surface area contributed by atoms with E-state index in [1.807, 2.05) is 39.0 Å². The minimum Gasteiger partial charge on any atom is -0.350 e. The number of benzene rings is 1. The summed E-state index contributed by atoms with van der Waals surface area (Å²) in [4.78, 5) is 12.5. The lowest BCUT2D eigenvalue weighted by Gasteiger charge is -2.31. The van der Waals surface area contributed by atoms with E-state index in [0.29, 0.717) is 0 Å². The Kier molecular flexibility index (Phi) is 5.97. The van der Waals surface area contributed by atoms with Crippen molar-refractivity contribution in [3.05, 3.63) is 35.9 Å².